The molecule has 0 aliphatic carbocycles. The number of nitrogens with zero attached hydrogens (tertiary/aromatic N) is 2. The fourth-order valence-corrected chi connectivity index (χ4v) is 4.31. The number of rotatable bonds is 8. The van der Waals surface area contributed by atoms with Gasteiger partial charge < -0.3 is 19.3 Å². The predicted octanol–water partition coefficient (Wildman–Crippen LogP) is 3.72. The highest BCUT2D eigenvalue weighted by atomic mass is 16.5. The number of benzene rings is 2. The summed E-state index contributed by atoms with van der Waals surface area (Å²) in [4.78, 5) is 27.8. The van der Waals surface area contributed by atoms with Crippen molar-refractivity contribution in [3.05, 3.63) is 83.3 Å². The molecule has 1 aliphatic rings. The fourth-order valence-electron chi connectivity index (χ4n) is 4.31. The number of para-hydroxylation sites is 1. The van der Waals surface area contributed by atoms with E-state index in [0.29, 0.717) is 13.0 Å². The third-order valence-corrected chi connectivity index (χ3v) is 5.85. The van der Waals surface area contributed by atoms with Crippen LogP contribution in [-0.2, 0) is 27.8 Å². The van der Waals surface area contributed by atoms with E-state index in [2.05, 4.69) is 0 Å². The van der Waals surface area contributed by atoms with Gasteiger partial charge in [0.15, 0.2) is 11.5 Å². The Balaban J connectivity index is 1.73. The van der Waals surface area contributed by atoms with E-state index in [1.807, 2.05) is 72.4 Å². The van der Waals surface area contributed by atoms with Gasteiger partial charge in [0.2, 0.25) is 0 Å². The molecular weight excluding hydrogens is 392 g/mol. The third kappa shape index (κ3) is 3.86. The third-order valence-electron chi connectivity index (χ3n) is 5.85. The van der Waals surface area contributed by atoms with E-state index in [4.69, 9.17) is 4.74 Å². The number of hydrogen-bond donors (Lipinski definition) is 1. The van der Waals surface area contributed by atoms with Gasteiger partial charge in [0, 0.05) is 49.8 Å². The smallest absolute Gasteiger partial charge is 0.290 e. The number of aliphatic hydroxyl groups is 1. The number of methoxy groups -OCH3 is 1. The number of Topliss-reactive ketones (excluding diaryl/α,β-unsaturated/α-hetero) is 1. The zero-order chi connectivity index (χ0) is 22.0. The topological polar surface area (TPSA) is 71.8 Å². The molecule has 6 nitrogen and oxygen atoms in total. The first-order valence-corrected chi connectivity index (χ1v) is 10.4. The van der Waals surface area contributed by atoms with Crippen LogP contribution in [0.2, 0.25) is 0 Å². The quantitative estimate of drug-likeness (QED) is 0.605. The summed E-state index contributed by atoms with van der Waals surface area (Å²) in [6.07, 6.45) is 2.70. The van der Waals surface area contributed by atoms with Crippen molar-refractivity contribution < 1.29 is 19.4 Å². The van der Waals surface area contributed by atoms with E-state index in [1.54, 1.807) is 7.11 Å². The van der Waals surface area contributed by atoms with Crippen molar-refractivity contribution in [1.82, 2.24) is 9.47 Å². The van der Waals surface area contributed by atoms with Crippen molar-refractivity contribution in [1.29, 1.82) is 0 Å². The van der Waals surface area contributed by atoms with Gasteiger partial charge in [0.1, 0.15) is 0 Å². The normalized spacial score (nSPS) is 16.5. The highest BCUT2D eigenvalue weighted by Gasteiger charge is 2.44. The van der Waals surface area contributed by atoms with Crippen LogP contribution in [0.4, 0.5) is 0 Å². The molecular formula is C25H26N2O4. The van der Waals surface area contributed by atoms with Crippen molar-refractivity contribution in [2.75, 3.05) is 20.3 Å². The summed E-state index contributed by atoms with van der Waals surface area (Å²) in [7, 11) is 3.50. The molecule has 6 heteroatoms. The van der Waals surface area contributed by atoms with E-state index in [0.717, 1.165) is 22.0 Å². The van der Waals surface area contributed by atoms with E-state index >= 15 is 0 Å². The molecule has 1 unspecified atom stereocenters. The molecule has 0 spiro atoms. The number of fused-ring (bicyclic) bond motifs is 1. The molecule has 0 saturated heterocycles. The first-order chi connectivity index (χ1) is 15.0. The molecule has 0 saturated carbocycles. The van der Waals surface area contributed by atoms with Gasteiger partial charge in [-0.05, 0) is 18.1 Å². The molecule has 31 heavy (non-hydrogen) atoms. The van der Waals surface area contributed by atoms with Crippen LogP contribution in [0.3, 0.4) is 0 Å². The lowest BCUT2D eigenvalue weighted by Gasteiger charge is -2.26. The van der Waals surface area contributed by atoms with Crippen molar-refractivity contribution in [2.24, 2.45) is 7.05 Å². The standard InChI is InChI=1S/C25H26N2O4/c1-26-16-19(18-10-6-7-11-20(18)26)23-22(24(29)25(30)27(23)14-15-31-2)21(28)13-12-17-8-4-3-5-9-17/h3-11,16,23,29H,12-15H2,1-2H3. The van der Waals surface area contributed by atoms with E-state index in [9.17, 15) is 14.7 Å². The van der Waals surface area contributed by atoms with Crippen LogP contribution in [0.15, 0.2) is 72.1 Å². The van der Waals surface area contributed by atoms with Crippen LogP contribution >= 0.6 is 0 Å². The van der Waals surface area contributed by atoms with Crippen LogP contribution in [0.1, 0.15) is 23.6 Å². The molecule has 4 rings (SSSR count). The second kappa shape index (κ2) is 8.78. The Hall–Kier alpha value is -3.38. The largest absolute Gasteiger partial charge is 0.503 e. The second-order valence-electron chi connectivity index (χ2n) is 7.78. The first kappa shape index (κ1) is 20.9. The number of carbonyl (C=O) groups excluding carboxylic acids is 2. The minimum atomic E-state index is -0.642. The SMILES string of the molecule is COCCN1C(=O)C(O)=C(C(=O)CCc2ccccc2)C1c1cn(C)c2ccccc12. The zero-order valence-electron chi connectivity index (χ0n) is 17.7. The summed E-state index contributed by atoms with van der Waals surface area (Å²) in [5.74, 6) is -1.20. The molecule has 1 amide bonds. The van der Waals surface area contributed by atoms with Crippen LogP contribution < -0.4 is 0 Å². The highest BCUT2D eigenvalue weighted by molar-refractivity contribution is 6.09. The van der Waals surface area contributed by atoms with Gasteiger partial charge in [-0.2, -0.15) is 0 Å². The average molecular weight is 418 g/mol. The van der Waals surface area contributed by atoms with E-state index in [1.165, 1.54) is 4.90 Å². The summed E-state index contributed by atoms with van der Waals surface area (Å²) < 4.78 is 7.16. The number of ketones is 1. The molecule has 1 N–H and O–H groups in total. The van der Waals surface area contributed by atoms with Crippen molar-refractivity contribution >= 4 is 22.6 Å². The monoisotopic (exact) mass is 418 g/mol. The van der Waals surface area contributed by atoms with Crippen molar-refractivity contribution in [3.8, 4) is 0 Å². The minimum absolute atomic E-state index is 0.174. The Morgan fingerprint density at radius 1 is 1.10 bits per heavy atom. The van der Waals surface area contributed by atoms with Crippen LogP contribution in [0, 0.1) is 0 Å². The summed E-state index contributed by atoms with van der Waals surface area (Å²) in [6.45, 7) is 0.592. The summed E-state index contributed by atoms with van der Waals surface area (Å²) in [6, 6.07) is 16.9. The molecule has 3 aromatic rings. The average Bonchev–Trinajstić information content (AvgIpc) is 3.25. The zero-order valence-corrected chi connectivity index (χ0v) is 17.7. The van der Waals surface area contributed by atoms with Crippen LogP contribution in [-0.4, -0.2) is 46.5 Å². The van der Waals surface area contributed by atoms with Gasteiger partial charge in [-0.1, -0.05) is 48.5 Å². The predicted molar refractivity (Wildman–Crippen MR) is 119 cm³/mol. The molecule has 0 bridgehead atoms. The number of aryl methyl sites for hydroxylation is 2. The Kier molecular flexibility index (Phi) is 5.91. The molecule has 2 aromatic carbocycles. The maximum atomic E-state index is 13.3. The number of carbonyl (C=O) groups is 2. The van der Waals surface area contributed by atoms with Gasteiger partial charge >= 0.3 is 0 Å². The minimum Gasteiger partial charge on any atom is -0.503 e. The van der Waals surface area contributed by atoms with Gasteiger partial charge in [-0.25, -0.2) is 0 Å². The fraction of sp³-hybridized carbons (Fsp3) is 0.280. The lowest BCUT2D eigenvalue weighted by Crippen LogP contribution is -2.34. The number of hydrogen-bond acceptors (Lipinski definition) is 4. The lowest BCUT2D eigenvalue weighted by molar-refractivity contribution is -0.130. The van der Waals surface area contributed by atoms with E-state index < -0.39 is 17.7 Å². The highest BCUT2D eigenvalue weighted by Crippen LogP contribution is 2.41. The number of aliphatic hydroxyl groups excluding tert-OH is 1. The Labute approximate surface area is 181 Å². The Morgan fingerprint density at radius 2 is 1.81 bits per heavy atom. The Bertz CT molecular complexity index is 1150. The van der Waals surface area contributed by atoms with Crippen molar-refractivity contribution in [2.45, 2.75) is 18.9 Å². The van der Waals surface area contributed by atoms with Crippen molar-refractivity contribution in [3.63, 3.8) is 0 Å². The second-order valence-corrected chi connectivity index (χ2v) is 7.78. The molecule has 1 aromatic heterocycles. The van der Waals surface area contributed by atoms with Gasteiger partial charge in [-0.15, -0.1) is 0 Å². The summed E-state index contributed by atoms with van der Waals surface area (Å²) in [5.41, 5.74) is 3.04. The molecule has 1 aliphatic heterocycles. The molecule has 1 atom stereocenters. The summed E-state index contributed by atoms with van der Waals surface area (Å²) >= 11 is 0. The molecule has 0 radical (unpaired) electrons. The maximum absolute atomic E-state index is 13.3. The maximum Gasteiger partial charge on any atom is 0.290 e. The van der Waals surface area contributed by atoms with Crippen LogP contribution in [0.25, 0.3) is 10.9 Å². The van der Waals surface area contributed by atoms with Gasteiger partial charge in [0.25, 0.3) is 5.91 Å². The number of ether oxygens (including phenoxy) is 1. The lowest BCUT2D eigenvalue weighted by atomic mass is 9.93. The van der Waals surface area contributed by atoms with Gasteiger partial charge in [-0.3, -0.25) is 9.59 Å². The molecule has 2 heterocycles. The molecule has 160 valence electrons. The first-order valence-electron chi connectivity index (χ1n) is 10.4. The molecule has 0 fully saturated rings. The Morgan fingerprint density at radius 3 is 2.55 bits per heavy atom. The number of amides is 1. The van der Waals surface area contributed by atoms with Crippen LogP contribution in [0.5, 0.6) is 0 Å². The van der Waals surface area contributed by atoms with E-state index in [-0.39, 0.29) is 24.3 Å². The summed E-state index contributed by atoms with van der Waals surface area (Å²) in [5, 5.41) is 11.7. The van der Waals surface area contributed by atoms with Gasteiger partial charge in [0.05, 0.1) is 18.2 Å². The number of aromatic nitrogens is 1.